The highest BCUT2D eigenvalue weighted by Crippen LogP contribution is 2.21. The first-order valence-electron chi connectivity index (χ1n) is 11.8. The van der Waals surface area contributed by atoms with Crippen LogP contribution < -0.4 is 14.9 Å². The molecule has 2 N–H and O–H groups in total. The molecule has 1 heterocycles. The van der Waals surface area contributed by atoms with Gasteiger partial charge in [-0.2, -0.15) is 0 Å². The molecule has 0 radical (unpaired) electrons. The van der Waals surface area contributed by atoms with Gasteiger partial charge in [0.05, 0.1) is 36.4 Å². The summed E-state index contributed by atoms with van der Waals surface area (Å²) in [6, 6.07) is 12.6. The zero-order valence-corrected chi connectivity index (χ0v) is 21.3. The molecule has 0 atom stereocenters. The molecule has 0 spiro atoms. The lowest BCUT2D eigenvalue weighted by Crippen LogP contribution is -2.40. The number of unbranched alkanes of at least 4 members (excludes halogenated alkanes) is 1. The minimum Gasteiger partial charge on any atom is -0.378 e. The van der Waals surface area contributed by atoms with Gasteiger partial charge in [0, 0.05) is 25.2 Å². The summed E-state index contributed by atoms with van der Waals surface area (Å²) in [7, 11) is -3.82. The van der Waals surface area contributed by atoms with E-state index in [9.17, 15) is 22.8 Å². The average Bonchev–Trinajstić information content (AvgIpc) is 2.87. The molecule has 1 aliphatic rings. The maximum absolute atomic E-state index is 12.8. The van der Waals surface area contributed by atoms with Crippen molar-refractivity contribution in [1.82, 2.24) is 10.2 Å². The second-order valence-corrected chi connectivity index (χ2v) is 10.3. The Kier molecular flexibility index (Phi) is 9.43. The van der Waals surface area contributed by atoms with Crippen molar-refractivity contribution in [1.29, 1.82) is 0 Å². The van der Waals surface area contributed by atoms with Crippen molar-refractivity contribution >= 4 is 39.1 Å². The number of nitrogens with zero attached hydrogens (tertiary/aromatic N) is 2. The second kappa shape index (κ2) is 12.5. The van der Waals surface area contributed by atoms with Crippen LogP contribution in [0.3, 0.4) is 0 Å². The number of anilines is 2. The Hall–Kier alpha value is -3.44. The maximum atomic E-state index is 12.8. The second-order valence-electron chi connectivity index (χ2n) is 8.42. The molecule has 2 aromatic rings. The van der Waals surface area contributed by atoms with E-state index >= 15 is 0 Å². The van der Waals surface area contributed by atoms with Crippen LogP contribution in [0.25, 0.3) is 0 Å². The van der Waals surface area contributed by atoms with E-state index in [1.807, 2.05) is 6.92 Å². The van der Waals surface area contributed by atoms with Crippen molar-refractivity contribution in [2.75, 3.05) is 55.3 Å². The molecule has 0 unspecified atom stereocenters. The van der Waals surface area contributed by atoms with E-state index < -0.39 is 22.5 Å². The molecule has 2 aromatic carbocycles. The number of benzene rings is 2. The standard InChI is InChI=1S/C25H32N4O6S/c1-3-4-13-26-24(31)21-7-5-6-8-22(21)27-23(30)18-29(36(2,33)34)20-11-9-19(10-12-20)25(32)28-14-16-35-17-15-28/h5-12H,3-4,13-18H2,1-2H3,(H,26,31)(H,27,30). The van der Waals surface area contributed by atoms with Gasteiger partial charge in [0.1, 0.15) is 6.54 Å². The van der Waals surface area contributed by atoms with Gasteiger partial charge >= 0.3 is 0 Å². The monoisotopic (exact) mass is 516 g/mol. The van der Waals surface area contributed by atoms with Crippen molar-refractivity contribution in [2.45, 2.75) is 19.8 Å². The normalized spacial score (nSPS) is 13.7. The van der Waals surface area contributed by atoms with Gasteiger partial charge < -0.3 is 20.3 Å². The third-order valence-electron chi connectivity index (χ3n) is 5.65. The van der Waals surface area contributed by atoms with Crippen LogP contribution in [0.15, 0.2) is 48.5 Å². The van der Waals surface area contributed by atoms with Gasteiger partial charge in [0.2, 0.25) is 15.9 Å². The number of nitrogens with one attached hydrogen (secondary N) is 2. The number of para-hydroxylation sites is 1. The van der Waals surface area contributed by atoms with Gasteiger partial charge in [-0.3, -0.25) is 18.7 Å². The van der Waals surface area contributed by atoms with Crippen LogP contribution in [-0.4, -0.2) is 76.7 Å². The van der Waals surface area contributed by atoms with E-state index in [0.717, 1.165) is 23.4 Å². The van der Waals surface area contributed by atoms with Gasteiger partial charge in [-0.25, -0.2) is 8.42 Å². The van der Waals surface area contributed by atoms with E-state index in [2.05, 4.69) is 10.6 Å². The van der Waals surface area contributed by atoms with Crippen LogP contribution >= 0.6 is 0 Å². The zero-order chi connectivity index (χ0) is 26.1. The molecule has 10 nitrogen and oxygen atoms in total. The van der Waals surface area contributed by atoms with E-state index in [1.165, 1.54) is 12.1 Å². The number of morpholine rings is 1. The molecular weight excluding hydrogens is 484 g/mol. The predicted octanol–water partition coefficient (Wildman–Crippen LogP) is 2.09. The lowest BCUT2D eigenvalue weighted by Gasteiger charge is -2.27. The van der Waals surface area contributed by atoms with Crippen LogP contribution in [0.2, 0.25) is 0 Å². The summed E-state index contributed by atoms with van der Waals surface area (Å²) in [6.07, 6.45) is 2.77. The lowest BCUT2D eigenvalue weighted by molar-refractivity contribution is -0.114. The number of hydrogen-bond acceptors (Lipinski definition) is 6. The Morgan fingerprint density at radius 3 is 2.33 bits per heavy atom. The molecule has 36 heavy (non-hydrogen) atoms. The van der Waals surface area contributed by atoms with Crippen LogP contribution in [0.5, 0.6) is 0 Å². The van der Waals surface area contributed by atoms with Gasteiger partial charge in [-0.15, -0.1) is 0 Å². The Morgan fingerprint density at radius 2 is 1.69 bits per heavy atom. The molecule has 0 aliphatic carbocycles. The summed E-state index contributed by atoms with van der Waals surface area (Å²) >= 11 is 0. The summed E-state index contributed by atoms with van der Waals surface area (Å²) in [5.74, 6) is -1.09. The molecule has 1 aliphatic heterocycles. The molecule has 1 fully saturated rings. The molecule has 3 amide bonds. The Labute approximate surface area is 211 Å². The van der Waals surface area contributed by atoms with E-state index in [1.54, 1.807) is 41.3 Å². The van der Waals surface area contributed by atoms with Crippen LogP contribution in [0.1, 0.15) is 40.5 Å². The topological polar surface area (TPSA) is 125 Å². The fourth-order valence-corrected chi connectivity index (χ4v) is 4.56. The van der Waals surface area contributed by atoms with Gasteiger partial charge in [0.15, 0.2) is 0 Å². The largest absolute Gasteiger partial charge is 0.378 e. The molecule has 0 saturated carbocycles. The van der Waals surface area contributed by atoms with Crippen molar-refractivity contribution < 1.29 is 27.5 Å². The molecule has 11 heteroatoms. The van der Waals surface area contributed by atoms with Crippen LogP contribution in [0.4, 0.5) is 11.4 Å². The maximum Gasteiger partial charge on any atom is 0.254 e. The number of ether oxygens (including phenoxy) is 1. The van der Waals surface area contributed by atoms with Crippen molar-refractivity contribution in [3.8, 4) is 0 Å². The Morgan fingerprint density at radius 1 is 1.03 bits per heavy atom. The Balaban J connectivity index is 1.72. The summed E-state index contributed by atoms with van der Waals surface area (Å²) < 4.78 is 31.2. The zero-order valence-electron chi connectivity index (χ0n) is 20.5. The highest BCUT2D eigenvalue weighted by molar-refractivity contribution is 7.92. The summed E-state index contributed by atoms with van der Waals surface area (Å²) in [5.41, 5.74) is 1.24. The fourth-order valence-electron chi connectivity index (χ4n) is 3.70. The van der Waals surface area contributed by atoms with Gasteiger partial charge in [0.25, 0.3) is 11.8 Å². The fraction of sp³-hybridized carbons (Fsp3) is 0.400. The van der Waals surface area contributed by atoms with Gasteiger partial charge in [-0.1, -0.05) is 25.5 Å². The Bertz CT molecular complexity index is 1180. The summed E-state index contributed by atoms with van der Waals surface area (Å²) in [6.45, 7) is 3.98. The van der Waals surface area contributed by atoms with Crippen molar-refractivity contribution in [3.63, 3.8) is 0 Å². The van der Waals surface area contributed by atoms with E-state index in [4.69, 9.17) is 4.74 Å². The van der Waals surface area contributed by atoms with E-state index in [0.29, 0.717) is 44.0 Å². The molecule has 3 rings (SSSR count). The van der Waals surface area contributed by atoms with Crippen molar-refractivity contribution in [3.05, 3.63) is 59.7 Å². The quantitative estimate of drug-likeness (QED) is 0.466. The molecule has 1 saturated heterocycles. The third kappa shape index (κ3) is 7.28. The number of hydrogen-bond donors (Lipinski definition) is 2. The third-order valence-corrected chi connectivity index (χ3v) is 6.79. The summed E-state index contributed by atoms with van der Waals surface area (Å²) in [5, 5.41) is 5.46. The number of carbonyl (C=O) groups is 3. The SMILES string of the molecule is CCCCNC(=O)c1ccccc1NC(=O)CN(c1ccc(C(=O)N2CCOCC2)cc1)S(C)(=O)=O. The first kappa shape index (κ1) is 27.2. The minimum absolute atomic E-state index is 0.165. The van der Waals surface area contributed by atoms with Crippen LogP contribution in [-0.2, 0) is 19.6 Å². The minimum atomic E-state index is -3.82. The number of sulfonamides is 1. The molecule has 0 bridgehead atoms. The van der Waals surface area contributed by atoms with Crippen molar-refractivity contribution in [2.24, 2.45) is 0 Å². The number of amides is 3. The molecule has 0 aromatic heterocycles. The highest BCUT2D eigenvalue weighted by atomic mass is 32.2. The molecule has 194 valence electrons. The molecular formula is C25H32N4O6S. The lowest BCUT2D eigenvalue weighted by atomic mass is 10.1. The van der Waals surface area contributed by atoms with E-state index in [-0.39, 0.29) is 23.2 Å². The first-order valence-corrected chi connectivity index (χ1v) is 13.7. The number of rotatable bonds is 10. The number of carbonyl (C=O) groups excluding carboxylic acids is 3. The summed E-state index contributed by atoms with van der Waals surface area (Å²) in [4.78, 5) is 39.7. The van der Waals surface area contributed by atoms with Gasteiger partial charge in [-0.05, 0) is 42.8 Å². The van der Waals surface area contributed by atoms with Crippen LogP contribution in [0, 0.1) is 0 Å². The average molecular weight is 517 g/mol. The highest BCUT2D eigenvalue weighted by Gasteiger charge is 2.23. The first-order chi connectivity index (χ1) is 17.2. The smallest absolute Gasteiger partial charge is 0.254 e. The predicted molar refractivity (Wildman–Crippen MR) is 138 cm³/mol.